The van der Waals surface area contributed by atoms with Gasteiger partial charge >= 0.3 is 0 Å². The van der Waals surface area contributed by atoms with E-state index in [-0.39, 0.29) is 6.04 Å². The van der Waals surface area contributed by atoms with Crippen molar-refractivity contribution in [1.29, 1.82) is 0 Å². The first-order valence-corrected chi connectivity index (χ1v) is 4.23. The summed E-state index contributed by atoms with van der Waals surface area (Å²) in [6, 6.07) is 2.36. The average molecular weight is 185 g/mol. The van der Waals surface area contributed by atoms with Gasteiger partial charge in [-0.2, -0.15) is 0 Å². The molecule has 13 heavy (non-hydrogen) atoms. The predicted octanol–water partition coefficient (Wildman–Crippen LogP) is 3.09. The molecule has 72 valence electrons. The third-order valence-corrected chi connectivity index (χ3v) is 1.75. The molecule has 0 aliphatic rings. The van der Waals surface area contributed by atoms with Crippen LogP contribution in [0, 0.1) is 18.6 Å². The first-order valence-electron chi connectivity index (χ1n) is 4.23. The van der Waals surface area contributed by atoms with Crippen LogP contribution in [-0.2, 0) is 0 Å². The van der Waals surface area contributed by atoms with Gasteiger partial charge in [-0.05, 0) is 26.8 Å². The van der Waals surface area contributed by atoms with Crippen molar-refractivity contribution in [2.45, 2.75) is 26.8 Å². The molecule has 0 unspecified atom stereocenters. The van der Waals surface area contributed by atoms with Crippen molar-refractivity contribution in [1.82, 2.24) is 0 Å². The lowest BCUT2D eigenvalue weighted by molar-refractivity contribution is 0.578. The molecule has 1 nitrogen and oxygen atoms in total. The number of hydrogen-bond acceptors (Lipinski definition) is 1. The van der Waals surface area contributed by atoms with Crippen molar-refractivity contribution >= 4 is 5.69 Å². The van der Waals surface area contributed by atoms with Crippen molar-refractivity contribution in [2.75, 3.05) is 5.32 Å². The van der Waals surface area contributed by atoms with Gasteiger partial charge in [0.25, 0.3) is 0 Å². The molecule has 3 heteroatoms. The van der Waals surface area contributed by atoms with Crippen LogP contribution in [-0.4, -0.2) is 6.04 Å². The number of halogens is 2. The molecule has 1 aromatic carbocycles. The van der Waals surface area contributed by atoms with Gasteiger partial charge in [0, 0.05) is 23.4 Å². The molecule has 0 saturated carbocycles. The van der Waals surface area contributed by atoms with E-state index in [9.17, 15) is 8.78 Å². The summed E-state index contributed by atoms with van der Waals surface area (Å²) in [4.78, 5) is 0. The van der Waals surface area contributed by atoms with Crippen molar-refractivity contribution in [3.05, 3.63) is 29.3 Å². The number of benzene rings is 1. The Morgan fingerprint density at radius 3 is 2.38 bits per heavy atom. The summed E-state index contributed by atoms with van der Waals surface area (Å²) < 4.78 is 25.8. The Morgan fingerprint density at radius 2 is 1.85 bits per heavy atom. The average Bonchev–Trinajstić information content (AvgIpc) is 1.98. The Labute approximate surface area is 76.8 Å². The van der Waals surface area contributed by atoms with E-state index < -0.39 is 11.6 Å². The number of hydrogen-bond donors (Lipinski definition) is 1. The van der Waals surface area contributed by atoms with Crippen molar-refractivity contribution in [3.63, 3.8) is 0 Å². The highest BCUT2D eigenvalue weighted by molar-refractivity contribution is 5.51. The summed E-state index contributed by atoms with van der Waals surface area (Å²) in [7, 11) is 0. The molecule has 0 bridgehead atoms. The maximum Gasteiger partial charge on any atom is 0.131 e. The molecule has 1 N–H and O–H groups in total. The van der Waals surface area contributed by atoms with E-state index in [1.807, 2.05) is 13.8 Å². The molecule has 0 atom stereocenters. The van der Waals surface area contributed by atoms with Gasteiger partial charge in [-0.15, -0.1) is 0 Å². The molecular formula is C10H13F2N. The molecule has 0 heterocycles. The second-order valence-corrected chi connectivity index (χ2v) is 3.36. The minimum Gasteiger partial charge on any atom is -0.382 e. The van der Waals surface area contributed by atoms with Gasteiger partial charge in [-0.25, -0.2) is 8.78 Å². The van der Waals surface area contributed by atoms with E-state index in [4.69, 9.17) is 0 Å². The van der Waals surface area contributed by atoms with Crippen LogP contribution in [0.4, 0.5) is 14.5 Å². The molecule has 0 saturated heterocycles. The summed E-state index contributed by atoms with van der Waals surface area (Å²) in [5.74, 6) is -1.06. The molecule has 0 aliphatic carbocycles. The zero-order valence-corrected chi connectivity index (χ0v) is 7.99. The Kier molecular flexibility index (Phi) is 2.86. The van der Waals surface area contributed by atoms with Crippen LogP contribution in [0.25, 0.3) is 0 Å². The normalized spacial score (nSPS) is 10.6. The predicted molar refractivity (Wildman–Crippen MR) is 49.9 cm³/mol. The van der Waals surface area contributed by atoms with Gasteiger partial charge in [0.1, 0.15) is 11.6 Å². The fourth-order valence-electron chi connectivity index (χ4n) is 1.11. The van der Waals surface area contributed by atoms with Gasteiger partial charge in [0.05, 0.1) is 0 Å². The molecular weight excluding hydrogens is 172 g/mol. The van der Waals surface area contributed by atoms with Gasteiger partial charge < -0.3 is 5.32 Å². The fourth-order valence-corrected chi connectivity index (χ4v) is 1.11. The van der Waals surface area contributed by atoms with Crippen LogP contribution in [0.5, 0.6) is 0 Å². The first kappa shape index (κ1) is 9.96. The van der Waals surface area contributed by atoms with Crippen molar-refractivity contribution < 1.29 is 8.78 Å². The topological polar surface area (TPSA) is 12.0 Å². The fraction of sp³-hybridized carbons (Fsp3) is 0.400. The zero-order chi connectivity index (χ0) is 10.0. The Balaban J connectivity index is 3.05. The Bertz CT molecular complexity index is 308. The van der Waals surface area contributed by atoms with Crippen LogP contribution < -0.4 is 5.32 Å². The lowest BCUT2D eigenvalue weighted by atomic mass is 10.1. The summed E-state index contributed by atoms with van der Waals surface area (Å²) in [6.45, 7) is 5.46. The minimum absolute atomic E-state index is 0.167. The number of rotatable bonds is 2. The lowest BCUT2D eigenvalue weighted by Gasteiger charge is -2.13. The summed E-state index contributed by atoms with van der Waals surface area (Å²) >= 11 is 0. The highest BCUT2D eigenvalue weighted by Gasteiger charge is 2.07. The maximum absolute atomic E-state index is 13.0. The Hall–Kier alpha value is -1.12. The van der Waals surface area contributed by atoms with E-state index in [0.29, 0.717) is 11.3 Å². The second-order valence-electron chi connectivity index (χ2n) is 3.36. The van der Waals surface area contributed by atoms with E-state index in [1.165, 1.54) is 6.07 Å². The minimum atomic E-state index is -0.550. The van der Waals surface area contributed by atoms with E-state index in [0.717, 1.165) is 6.07 Å². The molecule has 0 fully saturated rings. The van der Waals surface area contributed by atoms with E-state index in [2.05, 4.69) is 5.32 Å². The van der Waals surface area contributed by atoms with Gasteiger partial charge in [-0.1, -0.05) is 0 Å². The van der Waals surface area contributed by atoms with Crippen LogP contribution >= 0.6 is 0 Å². The Morgan fingerprint density at radius 1 is 1.23 bits per heavy atom. The number of anilines is 1. The summed E-state index contributed by atoms with van der Waals surface area (Å²) in [5.41, 5.74) is 0.975. The van der Waals surface area contributed by atoms with Crippen LogP contribution in [0.1, 0.15) is 19.4 Å². The molecule has 1 aromatic rings. The SMILES string of the molecule is Cc1c(F)cc(F)cc1NC(C)C. The van der Waals surface area contributed by atoms with Crippen molar-refractivity contribution in [2.24, 2.45) is 0 Å². The maximum atomic E-state index is 13.0. The van der Waals surface area contributed by atoms with Crippen LogP contribution in [0.2, 0.25) is 0 Å². The highest BCUT2D eigenvalue weighted by atomic mass is 19.1. The van der Waals surface area contributed by atoms with Crippen molar-refractivity contribution in [3.8, 4) is 0 Å². The molecule has 1 rings (SSSR count). The smallest absolute Gasteiger partial charge is 0.131 e. The van der Waals surface area contributed by atoms with E-state index >= 15 is 0 Å². The monoisotopic (exact) mass is 185 g/mol. The number of nitrogens with one attached hydrogen (secondary N) is 1. The van der Waals surface area contributed by atoms with Gasteiger partial charge in [-0.3, -0.25) is 0 Å². The third-order valence-electron chi connectivity index (χ3n) is 1.75. The molecule has 0 aliphatic heterocycles. The zero-order valence-electron chi connectivity index (χ0n) is 7.99. The largest absolute Gasteiger partial charge is 0.382 e. The lowest BCUT2D eigenvalue weighted by Crippen LogP contribution is -2.11. The van der Waals surface area contributed by atoms with Gasteiger partial charge in [0.15, 0.2) is 0 Å². The standard InChI is InChI=1S/C10H13F2N/c1-6(2)13-10-5-8(11)4-9(12)7(10)3/h4-6,13H,1-3H3. The molecule has 0 aromatic heterocycles. The second kappa shape index (κ2) is 3.73. The van der Waals surface area contributed by atoms with Crippen LogP contribution in [0.15, 0.2) is 12.1 Å². The van der Waals surface area contributed by atoms with Gasteiger partial charge in [0.2, 0.25) is 0 Å². The molecule has 0 amide bonds. The summed E-state index contributed by atoms with van der Waals surface area (Å²) in [6.07, 6.45) is 0. The van der Waals surface area contributed by atoms with Crippen LogP contribution in [0.3, 0.4) is 0 Å². The third kappa shape index (κ3) is 2.41. The molecule has 0 radical (unpaired) electrons. The highest BCUT2D eigenvalue weighted by Crippen LogP contribution is 2.20. The van der Waals surface area contributed by atoms with E-state index in [1.54, 1.807) is 6.92 Å². The molecule has 0 spiro atoms. The quantitative estimate of drug-likeness (QED) is 0.746. The first-order chi connectivity index (χ1) is 6.00. The summed E-state index contributed by atoms with van der Waals surface area (Å²) in [5, 5.41) is 2.97.